The number of hydrogen-bond acceptors (Lipinski definition) is 3. The number of hydrogen-bond donors (Lipinski definition) is 1. The van der Waals surface area contributed by atoms with Crippen molar-refractivity contribution in [2.45, 2.75) is 64.5 Å². The molecule has 0 amide bonds. The van der Waals surface area contributed by atoms with Gasteiger partial charge < -0.3 is 5.32 Å². The Balaban J connectivity index is 2.07. The van der Waals surface area contributed by atoms with Crippen LogP contribution in [0.25, 0.3) is 0 Å². The molecule has 1 saturated carbocycles. The van der Waals surface area contributed by atoms with E-state index in [-0.39, 0.29) is 16.7 Å². The molecular weight excluding hydrogens is 264 g/mol. The molecule has 0 bridgehead atoms. The van der Waals surface area contributed by atoms with Gasteiger partial charge in [0.05, 0.1) is 4.92 Å². The fourth-order valence-corrected chi connectivity index (χ4v) is 3.20. The van der Waals surface area contributed by atoms with E-state index in [9.17, 15) is 10.1 Å². The molecule has 4 heteroatoms. The fourth-order valence-electron chi connectivity index (χ4n) is 3.20. The molecule has 2 rings (SSSR count). The van der Waals surface area contributed by atoms with Gasteiger partial charge in [0.25, 0.3) is 5.69 Å². The molecule has 1 aromatic rings. The van der Waals surface area contributed by atoms with Crippen molar-refractivity contribution in [3.8, 4) is 0 Å². The van der Waals surface area contributed by atoms with Gasteiger partial charge in [-0.2, -0.15) is 0 Å². The average molecular weight is 290 g/mol. The van der Waals surface area contributed by atoms with Crippen molar-refractivity contribution in [2.75, 3.05) is 0 Å². The quantitative estimate of drug-likeness (QED) is 0.615. The minimum Gasteiger partial charge on any atom is -0.307 e. The number of non-ortho nitro benzene ring substituents is 1. The van der Waals surface area contributed by atoms with E-state index in [1.54, 1.807) is 18.2 Å². The Labute approximate surface area is 127 Å². The number of nitrogens with one attached hydrogen (secondary N) is 1. The molecule has 0 radical (unpaired) electrons. The summed E-state index contributed by atoms with van der Waals surface area (Å²) in [4.78, 5) is 10.6. The van der Waals surface area contributed by atoms with Crippen LogP contribution in [-0.4, -0.2) is 11.0 Å². The molecule has 0 saturated heterocycles. The number of nitro groups is 1. The van der Waals surface area contributed by atoms with Gasteiger partial charge in [-0.05, 0) is 43.6 Å². The molecular formula is C17H26N2O2. The van der Waals surface area contributed by atoms with Crippen molar-refractivity contribution in [3.63, 3.8) is 0 Å². The second kappa shape index (κ2) is 7.55. The lowest BCUT2D eigenvalue weighted by Crippen LogP contribution is -2.35. The maximum atomic E-state index is 10.9. The van der Waals surface area contributed by atoms with Gasteiger partial charge in [0.1, 0.15) is 0 Å². The lowest BCUT2D eigenvalue weighted by Gasteiger charge is -2.31. The molecule has 21 heavy (non-hydrogen) atoms. The highest BCUT2D eigenvalue weighted by Gasteiger charge is 2.22. The van der Waals surface area contributed by atoms with Gasteiger partial charge in [-0.3, -0.25) is 10.1 Å². The maximum absolute atomic E-state index is 10.9. The van der Waals surface area contributed by atoms with E-state index in [1.807, 2.05) is 6.07 Å². The van der Waals surface area contributed by atoms with Gasteiger partial charge in [-0.1, -0.05) is 32.4 Å². The van der Waals surface area contributed by atoms with Crippen LogP contribution in [-0.2, 0) is 0 Å². The van der Waals surface area contributed by atoms with Crippen LogP contribution >= 0.6 is 0 Å². The van der Waals surface area contributed by atoms with E-state index in [1.165, 1.54) is 25.7 Å². The largest absolute Gasteiger partial charge is 0.307 e. The summed E-state index contributed by atoms with van der Waals surface area (Å²) < 4.78 is 0. The number of rotatable bonds is 6. The van der Waals surface area contributed by atoms with Gasteiger partial charge in [0.2, 0.25) is 0 Å². The standard InChI is InChI=1S/C17H26N2O2/c1-3-5-17(18-15-10-8-13(2)9-11-15)14-6-4-7-16(12-14)19(20)21/h4,6-7,12-13,15,17-18H,3,5,8-11H2,1-2H3. The van der Waals surface area contributed by atoms with E-state index >= 15 is 0 Å². The van der Waals surface area contributed by atoms with Gasteiger partial charge in [0.15, 0.2) is 0 Å². The van der Waals surface area contributed by atoms with Crippen LogP contribution in [0.3, 0.4) is 0 Å². The first-order valence-corrected chi connectivity index (χ1v) is 8.10. The first-order valence-electron chi connectivity index (χ1n) is 8.10. The van der Waals surface area contributed by atoms with Crippen LogP contribution in [0.4, 0.5) is 5.69 Å². The van der Waals surface area contributed by atoms with Crippen LogP contribution in [0.15, 0.2) is 24.3 Å². The Morgan fingerprint density at radius 3 is 2.67 bits per heavy atom. The molecule has 1 N–H and O–H groups in total. The monoisotopic (exact) mass is 290 g/mol. The molecule has 1 aromatic carbocycles. The third-order valence-corrected chi connectivity index (χ3v) is 4.51. The normalized spacial score (nSPS) is 23.7. The van der Waals surface area contributed by atoms with Gasteiger partial charge in [-0.25, -0.2) is 0 Å². The third-order valence-electron chi connectivity index (χ3n) is 4.51. The summed E-state index contributed by atoms with van der Waals surface area (Å²) in [7, 11) is 0. The first-order chi connectivity index (χ1) is 10.1. The Morgan fingerprint density at radius 2 is 2.05 bits per heavy atom. The smallest absolute Gasteiger partial charge is 0.269 e. The van der Waals surface area contributed by atoms with Crippen LogP contribution in [0, 0.1) is 16.0 Å². The van der Waals surface area contributed by atoms with E-state index in [0.29, 0.717) is 6.04 Å². The molecule has 0 aliphatic heterocycles. The maximum Gasteiger partial charge on any atom is 0.269 e. The Hall–Kier alpha value is -1.42. The zero-order chi connectivity index (χ0) is 15.2. The van der Waals surface area contributed by atoms with Crippen LogP contribution in [0.1, 0.15) is 64.0 Å². The average Bonchev–Trinajstić information content (AvgIpc) is 2.49. The Bertz CT molecular complexity index is 468. The zero-order valence-electron chi connectivity index (χ0n) is 13.0. The highest BCUT2D eigenvalue weighted by atomic mass is 16.6. The highest BCUT2D eigenvalue weighted by Crippen LogP contribution is 2.28. The summed E-state index contributed by atoms with van der Waals surface area (Å²) in [6, 6.07) is 7.87. The highest BCUT2D eigenvalue weighted by molar-refractivity contribution is 5.35. The van der Waals surface area contributed by atoms with Crippen molar-refractivity contribution in [3.05, 3.63) is 39.9 Å². The summed E-state index contributed by atoms with van der Waals surface area (Å²) in [5, 5.41) is 14.7. The minimum absolute atomic E-state index is 0.188. The summed E-state index contributed by atoms with van der Waals surface area (Å²) in [5.41, 5.74) is 1.23. The molecule has 1 aliphatic carbocycles. The van der Waals surface area contributed by atoms with E-state index < -0.39 is 0 Å². The van der Waals surface area contributed by atoms with Gasteiger partial charge in [-0.15, -0.1) is 0 Å². The lowest BCUT2D eigenvalue weighted by atomic mass is 9.86. The summed E-state index contributed by atoms with van der Waals surface area (Å²) in [6.45, 7) is 4.48. The molecule has 0 aromatic heterocycles. The second-order valence-corrected chi connectivity index (χ2v) is 6.32. The van der Waals surface area contributed by atoms with Crippen molar-refractivity contribution in [1.29, 1.82) is 0 Å². The van der Waals surface area contributed by atoms with E-state index in [4.69, 9.17) is 0 Å². The molecule has 116 valence electrons. The SMILES string of the molecule is CCCC(NC1CCC(C)CC1)c1cccc([N+](=O)[O-])c1. The third kappa shape index (κ3) is 4.53. The van der Waals surface area contributed by atoms with Crippen molar-refractivity contribution in [2.24, 2.45) is 5.92 Å². The van der Waals surface area contributed by atoms with Crippen LogP contribution < -0.4 is 5.32 Å². The topological polar surface area (TPSA) is 55.2 Å². The molecule has 0 spiro atoms. The number of nitro benzene ring substituents is 1. The Morgan fingerprint density at radius 1 is 1.33 bits per heavy atom. The second-order valence-electron chi connectivity index (χ2n) is 6.32. The minimum atomic E-state index is -0.311. The van der Waals surface area contributed by atoms with Crippen LogP contribution in [0.5, 0.6) is 0 Å². The molecule has 4 nitrogen and oxygen atoms in total. The predicted molar refractivity (Wildman–Crippen MR) is 85.3 cm³/mol. The summed E-state index contributed by atoms with van der Waals surface area (Å²) in [6.07, 6.45) is 7.10. The predicted octanol–water partition coefficient (Wildman–Crippen LogP) is 4.60. The van der Waals surface area contributed by atoms with Crippen molar-refractivity contribution < 1.29 is 4.92 Å². The zero-order valence-corrected chi connectivity index (χ0v) is 13.0. The molecule has 0 heterocycles. The van der Waals surface area contributed by atoms with Gasteiger partial charge in [0, 0.05) is 24.2 Å². The molecule has 1 atom stereocenters. The summed E-state index contributed by atoms with van der Waals surface area (Å²) in [5.74, 6) is 0.838. The first kappa shape index (κ1) is 16.0. The van der Waals surface area contributed by atoms with Crippen LogP contribution in [0.2, 0.25) is 0 Å². The molecule has 1 fully saturated rings. The van der Waals surface area contributed by atoms with E-state index in [0.717, 1.165) is 24.3 Å². The Kier molecular flexibility index (Phi) is 5.74. The molecule has 1 unspecified atom stereocenters. The van der Waals surface area contributed by atoms with Crippen molar-refractivity contribution >= 4 is 5.69 Å². The number of benzene rings is 1. The lowest BCUT2D eigenvalue weighted by molar-refractivity contribution is -0.384. The van der Waals surface area contributed by atoms with Crippen molar-refractivity contribution in [1.82, 2.24) is 5.32 Å². The van der Waals surface area contributed by atoms with E-state index in [2.05, 4.69) is 19.2 Å². The fraction of sp³-hybridized carbons (Fsp3) is 0.647. The van der Waals surface area contributed by atoms with Gasteiger partial charge >= 0.3 is 0 Å². The molecule has 1 aliphatic rings. The summed E-state index contributed by atoms with van der Waals surface area (Å²) >= 11 is 0. The number of nitrogens with zero attached hydrogens (tertiary/aromatic N) is 1.